The van der Waals surface area contributed by atoms with E-state index in [4.69, 9.17) is 10.8 Å². The van der Waals surface area contributed by atoms with Crippen LogP contribution in [0, 0.1) is 0 Å². The van der Waals surface area contributed by atoms with E-state index in [1.54, 1.807) is 0 Å². The second-order valence-corrected chi connectivity index (χ2v) is 3.19. The van der Waals surface area contributed by atoms with E-state index in [0.29, 0.717) is 6.07 Å². The van der Waals surface area contributed by atoms with Gasteiger partial charge in [0.25, 0.3) is 6.43 Å². The van der Waals surface area contributed by atoms with Gasteiger partial charge in [-0.1, -0.05) is 0 Å². The number of pyridine rings is 1. The number of aliphatic hydroxyl groups is 1. The Morgan fingerprint density at radius 1 is 1.35 bits per heavy atom. The molecule has 0 unspecified atom stereocenters. The predicted molar refractivity (Wildman–Crippen MR) is 48.0 cm³/mol. The SMILES string of the molecule is NCc1cc(C(F)(F)F)c(C(F)F)nc1CO. The monoisotopic (exact) mass is 256 g/mol. The van der Waals surface area contributed by atoms with Crippen molar-refractivity contribution >= 4 is 0 Å². The van der Waals surface area contributed by atoms with Crippen LogP contribution in [0.5, 0.6) is 0 Å². The molecule has 3 N–H and O–H groups in total. The minimum atomic E-state index is -4.93. The Hall–Kier alpha value is -1.28. The van der Waals surface area contributed by atoms with Crippen molar-refractivity contribution in [1.82, 2.24) is 4.98 Å². The molecule has 96 valence electrons. The van der Waals surface area contributed by atoms with Crippen LogP contribution in [0.1, 0.15) is 28.9 Å². The summed E-state index contributed by atoms with van der Waals surface area (Å²) in [7, 11) is 0. The first-order valence-electron chi connectivity index (χ1n) is 4.50. The molecular weight excluding hydrogens is 247 g/mol. The van der Waals surface area contributed by atoms with Crippen molar-refractivity contribution in [3.8, 4) is 0 Å². The molecule has 1 aromatic heterocycles. The third-order valence-corrected chi connectivity index (χ3v) is 2.10. The fourth-order valence-corrected chi connectivity index (χ4v) is 1.32. The Morgan fingerprint density at radius 3 is 2.29 bits per heavy atom. The number of halogens is 5. The summed E-state index contributed by atoms with van der Waals surface area (Å²) in [5.74, 6) is 0. The maximum atomic E-state index is 12.5. The van der Waals surface area contributed by atoms with E-state index in [9.17, 15) is 22.0 Å². The molecule has 17 heavy (non-hydrogen) atoms. The van der Waals surface area contributed by atoms with E-state index >= 15 is 0 Å². The highest BCUT2D eigenvalue weighted by Gasteiger charge is 2.37. The Bertz CT molecular complexity index is 405. The van der Waals surface area contributed by atoms with Crippen LogP contribution in [0.3, 0.4) is 0 Å². The summed E-state index contributed by atoms with van der Waals surface area (Å²) in [5, 5.41) is 8.81. The van der Waals surface area contributed by atoms with Gasteiger partial charge in [-0.3, -0.25) is 0 Å². The van der Waals surface area contributed by atoms with E-state index in [2.05, 4.69) is 4.98 Å². The van der Waals surface area contributed by atoms with Crippen molar-refractivity contribution in [3.63, 3.8) is 0 Å². The molecule has 0 saturated carbocycles. The standard InChI is InChI=1S/C9H9F5N2O/c10-8(11)7-5(9(12,13)14)1-4(2-15)6(3-17)16-7/h1,8,17H,2-3,15H2. The molecule has 0 saturated heterocycles. The number of rotatable bonds is 3. The summed E-state index contributed by atoms with van der Waals surface area (Å²) >= 11 is 0. The molecule has 3 nitrogen and oxygen atoms in total. The largest absolute Gasteiger partial charge is 0.418 e. The van der Waals surface area contributed by atoms with Crippen LogP contribution in [-0.4, -0.2) is 10.1 Å². The lowest BCUT2D eigenvalue weighted by atomic mass is 10.1. The van der Waals surface area contributed by atoms with Gasteiger partial charge in [0.05, 0.1) is 17.9 Å². The van der Waals surface area contributed by atoms with Crippen LogP contribution in [0.2, 0.25) is 0 Å². The quantitative estimate of drug-likeness (QED) is 0.813. The van der Waals surface area contributed by atoms with Gasteiger partial charge in [-0.25, -0.2) is 13.8 Å². The average Bonchev–Trinajstić information content (AvgIpc) is 2.25. The van der Waals surface area contributed by atoms with Gasteiger partial charge in [-0.15, -0.1) is 0 Å². The summed E-state index contributed by atoms with van der Waals surface area (Å²) in [6, 6.07) is 0.500. The number of aromatic nitrogens is 1. The molecule has 0 radical (unpaired) electrons. The molecule has 0 atom stereocenters. The fourth-order valence-electron chi connectivity index (χ4n) is 1.32. The third-order valence-electron chi connectivity index (χ3n) is 2.10. The van der Waals surface area contributed by atoms with E-state index in [1.165, 1.54) is 0 Å². The van der Waals surface area contributed by atoms with E-state index in [0.717, 1.165) is 0 Å². The van der Waals surface area contributed by atoms with Gasteiger partial charge in [0.1, 0.15) is 5.69 Å². The molecule has 0 aliphatic heterocycles. The van der Waals surface area contributed by atoms with E-state index in [1.807, 2.05) is 0 Å². The van der Waals surface area contributed by atoms with Gasteiger partial charge in [0.15, 0.2) is 0 Å². The van der Waals surface area contributed by atoms with Crippen molar-refractivity contribution in [3.05, 3.63) is 28.6 Å². The zero-order valence-corrected chi connectivity index (χ0v) is 8.43. The van der Waals surface area contributed by atoms with Crippen molar-refractivity contribution in [1.29, 1.82) is 0 Å². The molecule has 0 aromatic carbocycles. The summed E-state index contributed by atoms with van der Waals surface area (Å²) < 4.78 is 62.3. The second-order valence-electron chi connectivity index (χ2n) is 3.19. The van der Waals surface area contributed by atoms with Crippen molar-refractivity contribution in [2.24, 2.45) is 5.73 Å². The smallest absolute Gasteiger partial charge is 0.390 e. The molecule has 0 aliphatic carbocycles. The third kappa shape index (κ3) is 2.89. The number of hydrogen-bond donors (Lipinski definition) is 2. The lowest BCUT2D eigenvalue weighted by Crippen LogP contribution is -2.16. The molecular formula is C9H9F5N2O. The first-order chi connectivity index (χ1) is 7.81. The first kappa shape index (κ1) is 13.8. The number of hydrogen-bond acceptors (Lipinski definition) is 3. The molecule has 8 heteroatoms. The predicted octanol–water partition coefficient (Wildman–Crippen LogP) is 1.99. The molecule has 1 rings (SSSR count). The highest BCUT2D eigenvalue weighted by atomic mass is 19.4. The van der Waals surface area contributed by atoms with Gasteiger partial charge in [0, 0.05) is 6.54 Å². The van der Waals surface area contributed by atoms with Gasteiger partial charge in [0.2, 0.25) is 0 Å². The van der Waals surface area contributed by atoms with E-state index in [-0.39, 0.29) is 17.8 Å². The summed E-state index contributed by atoms with van der Waals surface area (Å²) in [4.78, 5) is 3.13. The zero-order chi connectivity index (χ0) is 13.2. The molecule has 1 heterocycles. The highest BCUT2D eigenvalue weighted by Crippen LogP contribution is 2.36. The Kier molecular flexibility index (Phi) is 3.99. The molecule has 0 spiro atoms. The first-order valence-corrected chi connectivity index (χ1v) is 4.50. The van der Waals surface area contributed by atoms with Crippen LogP contribution < -0.4 is 5.73 Å². The topological polar surface area (TPSA) is 59.1 Å². The minimum absolute atomic E-state index is 0.107. The molecule has 0 bridgehead atoms. The van der Waals surface area contributed by atoms with Crippen molar-refractivity contribution in [2.75, 3.05) is 0 Å². The van der Waals surface area contributed by atoms with Gasteiger partial charge >= 0.3 is 6.18 Å². The zero-order valence-electron chi connectivity index (χ0n) is 8.43. The molecule has 0 fully saturated rings. The lowest BCUT2D eigenvalue weighted by molar-refractivity contribution is -0.140. The number of alkyl halides is 5. The van der Waals surface area contributed by atoms with Crippen LogP contribution in [0.15, 0.2) is 6.07 Å². The Morgan fingerprint density at radius 2 is 1.94 bits per heavy atom. The molecule has 0 amide bonds. The maximum absolute atomic E-state index is 12.5. The number of nitrogens with two attached hydrogens (primary N) is 1. The minimum Gasteiger partial charge on any atom is -0.390 e. The number of aliphatic hydroxyl groups excluding tert-OH is 1. The summed E-state index contributed by atoms with van der Waals surface area (Å²) in [6.45, 7) is -1.07. The second kappa shape index (κ2) is 4.92. The Labute approximate surface area is 93.1 Å². The van der Waals surface area contributed by atoms with Crippen molar-refractivity contribution in [2.45, 2.75) is 25.8 Å². The Balaban J connectivity index is 3.46. The fraction of sp³-hybridized carbons (Fsp3) is 0.444. The van der Waals surface area contributed by atoms with Crippen LogP contribution in [0.25, 0.3) is 0 Å². The molecule has 1 aromatic rings. The van der Waals surface area contributed by atoms with Gasteiger partial charge in [-0.2, -0.15) is 13.2 Å². The van der Waals surface area contributed by atoms with Crippen molar-refractivity contribution < 1.29 is 27.1 Å². The number of nitrogens with zero attached hydrogens (tertiary/aromatic N) is 1. The normalized spacial score (nSPS) is 12.2. The van der Waals surface area contributed by atoms with Crippen LogP contribution >= 0.6 is 0 Å². The summed E-state index contributed by atoms with van der Waals surface area (Å²) in [6.07, 6.45) is -8.31. The highest BCUT2D eigenvalue weighted by molar-refractivity contribution is 5.33. The molecule has 0 aliphatic rings. The van der Waals surface area contributed by atoms with Gasteiger partial charge < -0.3 is 10.8 Å². The van der Waals surface area contributed by atoms with Crippen LogP contribution in [-0.2, 0) is 19.3 Å². The lowest BCUT2D eigenvalue weighted by Gasteiger charge is -2.15. The van der Waals surface area contributed by atoms with Crippen LogP contribution in [0.4, 0.5) is 22.0 Å². The summed E-state index contributed by atoms with van der Waals surface area (Å²) in [5.41, 5.74) is 1.87. The van der Waals surface area contributed by atoms with Gasteiger partial charge in [-0.05, 0) is 11.6 Å². The maximum Gasteiger partial charge on any atom is 0.418 e. The average molecular weight is 256 g/mol. The van der Waals surface area contributed by atoms with E-state index < -0.39 is 30.5 Å².